The summed E-state index contributed by atoms with van der Waals surface area (Å²) in [4.78, 5) is 12.6. The van der Waals surface area contributed by atoms with Crippen LogP contribution in [0.25, 0.3) is 11.0 Å². The summed E-state index contributed by atoms with van der Waals surface area (Å²) >= 11 is 0. The number of nitrogens with zero attached hydrogens (tertiary/aromatic N) is 3. The molecule has 3 aromatic rings. The summed E-state index contributed by atoms with van der Waals surface area (Å²) in [5.41, 5.74) is 2.34. The Hall–Kier alpha value is -2.38. The number of aromatic nitrogens is 2. The van der Waals surface area contributed by atoms with Gasteiger partial charge in [0.05, 0.1) is 23.1 Å². The van der Waals surface area contributed by atoms with Gasteiger partial charge in [0.1, 0.15) is 5.82 Å². The van der Waals surface area contributed by atoms with Crippen LogP contribution in [0.5, 0.6) is 0 Å². The van der Waals surface area contributed by atoms with Gasteiger partial charge in [0.25, 0.3) is 0 Å². The number of hydrogen-bond acceptors (Lipinski definition) is 3. The van der Waals surface area contributed by atoms with E-state index < -0.39 is 11.7 Å². The van der Waals surface area contributed by atoms with E-state index in [9.17, 15) is 13.2 Å². The summed E-state index contributed by atoms with van der Waals surface area (Å²) in [6.07, 6.45) is -4.28. The van der Waals surface area contributed by atoms with Crippen LogP contribution in [0, 0.1) is 0 Å². The van der Waals surface area contributed by atoms with E-state index >= 15 is 0 Å². The lowest BCUT2D eigenvalue weighted by Gasteiger charge is -2.34. The van der Waals surface area contributed by atoms with E-state index in [1.165, 1.54) is 0 Å². The monoisotopic (exact) mass is 374 g/mol. The van der Waals surface area contributed by atoms with E-state index in [-0.39, 0.29) is 0 Å². The zero-order chi connectivity index (χ0) is 18.9. The quantitative estimate of drug-likeness (QED) is 0.752. The SMILES string of the molecule is FC(F)(F)c1ccc(CN2CCN(Cc3nc4ccccc4[nH]3)CC2)cc1. The van der Waals surface area contributed by atoms with Gasteiger partial charge in [-0.05, 0) is 29.8 Å². The maximum Gasteiger partial charge on any atom is 0.416 e. The van der Waals surface area contributed by atoms with Gasteiger partial charge in [-0.3, -0.25) is 9.80 Å². The van der Waals surface area contributed by atoms with Gasteiger partial charge >= 0.3 is 6.18 Å². The second-order valence-corrected chi connectivity index (χ2v) is 6.95. The number of fused-ring (bicyclic) bond motifs is 1. The Bertz CT molecular complexity index is 860. The Morgan fingerprint density at radius 1 is 0.852 bits per heavy atom. The molecule has 2 heterocycles. The molecule has 1 aromatic heterocycles. The Kier molecular flexibility index (Phi) is 4.88. The molecule has 27 heavy (non-hydrogen) atoms. The zero-order valence-electron chi connectivity index (χ0n) is 14.8. The number of piperazine rings is 1. The number of imidazole rings is 1. The summed E-state index contributed by atoms with van der Waals surface area (Å²) in [5.74, 6) is 0.965. The van der Waals surface area contributed by atoms with Crippen LogP contribution in [-0.2, 0) is 19.3 Å². The van der Waals surface area contributed by atoms with E-state index in [0.717, 1.165) is 67.3 Å². The molecule has 0 radical (unpaired) electrons. The van der Waals surface area contributed by atoms with Crippen molar-refractivity contribution in [3.63, 3.8) is 0 Å². The van der Waals surface area contributed by atoms with Crippen LogP contribution in [0.4, 0.5) is 13.2 Å². The van der Waals surface area contributed by atoms with E-state index in [2.05, 4.69) is 19.8 Å². The van der Waals surface area contributed by atoms with Crippen molar-refractivity contribution in [3.05, 3.63) is 65.5 Å². The molecular formula is C20H21F3N4. The molecule has 0 bridgehead atoms. The molecule has 1 aliphatic rings. The fraction of sp³-hybridized carbons (Fsp3) is 0.350. The molecule has 1 aliphatic heterocycles. The zero-order valence-corrected chi connectivity index (χ0v) is 14.8. The summed E-state index contributed by atoms with van der Waals surface area (Å²) in [6, 6.07) is 13.5. The van der Waals surface area contributed by atoms with Crippen LogP contribution in [0.3, 0.4) is 0 Å². The Labute approximate surface area is 155 Å². The highest BCUT2D eigenvalue weighted by Crippen LogP contribution is 2.29. The van der Waals surface area contributed by atoms with Gasteiger partial charge in [-0.15, -0.1) is 0 Å². The second-order valence-electron chi connectivity index (χ2n) is 6.95. The lowest BCUT2D eigenvalue weighted by molar-refractivity contribution is -0.137. The summed E-state index contributed by atoms with van der Waals surface area (Å²) in [5, 5.41) is 0. The fourth-order valence-corrected chi connectivity index (χ4v) is 3.46. The van der Waals surface area contributed by atoms with E-state index in [1.807, 2.05) is 24.3 Å². The molecule has 0 aliphatic carbocycles. The molecule has 1 saturated heterocycles. The minimum absolute atomic E-state index is 0.595. The predicted molar refractivity (Wildman–Crippen MR) is 98.1 cm³/mol. The average molecular weight is 374 g/mol. The molecule has 4 rings (SSSR count). The molecule has 0 spiro atoms. The summed E-state index contributed by atoms with van der Waals surface area (Å²) < 4.78 is 37.9. The largest absolute Gasteiger partial charge is 0.416 e. The lowest BCUT2D eigenvalue weighted by Crippen LogP contribution is -2.45. The number of halogens is 3. The van der Waals surface area contributed by atoms with Crippen molar-refractivity contribution in [1.29, 1.82) is 0 Å². The number of para-hydroxylation sites is 2. The first-order chi connectivity index (χ1) is 13.0. The Morgan fingerprint density at radius 2 is 1.48 bits per heavy atom. The minimum atomic E-state index is -4.28. The van der Waals surface area contributed by atoms with Gasteiger partial charge in [0.15, 0.2) is 0 Å². The number of H-pyrrole nitrogens is 1. The maximum absolute atomic E-state index is 12.6. The van der Waals surface area contributed by atoms with Crippen LogP contribution in [0.15, 0.2) is 48.5 Å². The molecule has 4 nitrogen and oxygen atoms in total. The third-order valence-corrected chi connectivity index (χ3v) is 4.96. The smallest absolute Gasteiger partial charge is 0.341 e. The van der Waals surface area contributed by atoms with Crippen LogP contribution < -0.4 is 0 Å². The summed E-state index contributed by atoms with van der Waals surface area (Å²) in [7, 11) is 0. The van der Waals surface area contributed by atoms with Crippen molar-refractivity contribution in [1.82, 2.24) is 19.8 Å². The third kappa shape index (κ3) is 4.31. The first kappa shape index (κ1) is 18.0. The van der Waals surface area contributed by atoms with E-state index in [4.69, 9.17) is 0 Å². The Morgan fingerprint density at radius 3 is 2.11 bits per heavy atom. The van der Waals surface area contributed by atoms with Crippen LogP contribution in [0.1, 0.15) is 17.0 Å². The normalized spacial score (nSPS) is 16.9. The van der Waals surface area contributed by atoms with Crippen LogP contribution in [-0.4, -0.2) is 45.9 Å². The molecular weight excluding hydrogens is 353 g/mol. The van der Waals surface area contributed by atoms with E-state index in [0.29, 0.717) is 6.54 Å². The number of rotatable bonds is 4. The van der Waals surface area contributed by atoms with Gasteiger partial charge < -0.3 is 4.98 Å². The van der Waals surface area contributed by atoms with Gasteiger partial charge in [0, 0.05) is 32.7 Å². The van der Waals surface area contributed by atoms with Crippen LogP contribution >= 0.6 is 0 Å². The molecule has 0 saturated carbocycles. The first-order valence-electron chi connectivity index (χ1n) is 9.02. The highest BCUT2D eigenvalue weighted by Gasteiger charge is 2.30. The average Bonchev–Trinajstić information content (AvgIpc) is 3.05. The highest BCUT2D eigenvalue weighted by atomic mass is 19.4. The molecule has 142 valence electrons. The first-order valence-corrected chi connectivity index (χ1v) is 9.02. The number of benzene rings is 2. The predicted octanol–water partition coefficient (Wildman–Crippen LogP) is 3.90. The topological polar surface area (TPSA) is 35.2 Å². The van der Waals surface area contributed by atoms with Gasteiger partial charge in [-0.2, -0.15) is 13.2 Å². The van der Waals surface area contributed by atoms with Crippen molar-refractivity contribution in [3.8, 4) is 0 Å². The van der Waals surface area contributed by atoms with Gasteiger partial charge in [0.2, 0.25) is 0 Å². The molecule has 0 amide bonds. The molecule has 1 N–H and O–H groups in total. The minimum Gasteiger partial charge on any atom is -0.341 e. The van der Waals surface area contributed by atoms with Crippen molar-refractivity contribution >= 4 is 11.0 Å². The number of nitrogens with one attached hydrogen (secondary N) is 1. The molecule has 0 unspecified atom stereocenters. The second kappa shape index (κ2) is 7.32. The highest BCUT2D eigenvalue weighted by molar-refractivity contribution is 5.74. The Balaban J connectivity index is 1.29. The van der Waals surface area contributed by atoms with Gasteiger partial charge in [-0.1, -0.05) is 24.3 Å². The molecule has 0 atom stereocenters. The molecule has 1 fully saturated rings. The van der Waals surface area contributed by atoms with Crippen molar-refractivity contribution in [2.24, 2.45) is 0 Å². The number of alkyl halides is 3. The lowest BCUT2D eigenvalue weighted by atomic mass is 10.1. The summed E-state index contributed by atoms with van der Waals surface area (Å²) in [6.45, 7) is 5.07. The maximum atomic E-state index is 12.6. The van der Waals surface area contributed by atoms with Crippen LogP contribution in [0.2, 0.25) is 0 Å². The third-order valence-electron chi connectivity index (χ3n) is 4.96. The van der Waals surface area contributed by atoms with Crippen molar-refractivity contribution in [2.75, 3.05) is 26.2 Å². The molecule has 7 heteroatoms. The van der Waals surface area contributed by atoms with Crippen molar-refractivity contribution in [2.45, 2.75) is 19.3 Å². The number of hydrogen-bond donors (Lipinski definition) is 1. The molecule has 2 aromatic carbocycles. The van der Waals surface area contributed by atoms with E-state index in [1.54, 1.807) is 12.1 Å². The standard InChI is InChI=1S/C20H21F3N4/c21-20(22,23)16-7-5-15(6-8-16)13-26-9-11-27(12-10-26)14-19-24-17-3-1-2-4-18(17)25-19/h1-8H,9-14H2,(H,24,25). The number of aromatic amines is 1. The fourth-order valence-electron chi connectivity index (χ4n) is 3.46. The van der Waals surface area contributed by atoms with Crippen molar-refractivity contribution < 1.29 is 13.2 Å². The van der Waals surface area contributed by atoms with Gasteiger partial charge in [-0.25, -0.2) is 4.98 Å².